The lowest BCUT2D eigenvalue weighted by Crippen LogP contribution is -2.40. The number of halogens is 2. The predicted octanol–water partition coefficient (Wildman–Crippen LogP) is 4.05. The zero-order chi connectivity index (χ0) is 14.5. The van der Waals surface area contributed by atoms with Gasteiger partial charge in [-0.2, -0.15) is 8.78 Å². The molecule has 0 N–H and O–H groups in total. The molecule has 0 aromatic carbocycles. The molecule has 2 atom stereocenters. The zero-order valence-corrected chi connectivity index (χ0v) is 12.4. The molecule has 1 aliphatic carbocycles. The second-order valence-electron chi connectivity index (χ2n) is 6.25. The molecule has 1 saturated heterocycles. The third kappa shape index (κ3) is 4.58. The number of hydrogen-bond donors (Lipinski definition) is 0. The average molecular weight is 285 g/mol. The number of likely N-dealkylation sites (tertiary alicyclic amines) is 1. The molecule has 1 aliphatic heterocycles. The van der Waals surface area contributed by atoms with Gasteiger partial charge in [0.15, 0.2) is 0 Å². The summed E-state index contributed by atoms with van der Waals surface area (Å²) in [4.78, 5) is 2.48. The van der Waals surface area contributed by atoms with E-state index in [1.54, 1.807) is 6.08 Å². The molecule has 114 valence electrons. The molecule has 0 bridgehead atoms. The third-order valence-electron chi connectivity index (χ3n) is 4.32. The van der Waals surface area contributed by atoms with E-state index < -0.39 is 6.61 Å². The van der Waals surface area contributed by atoms with Crippen LogP contribution in [0.1, 0.15) is 33.1 Å². The van der Waals surface area contributed by atoms with Gasteiger partial charge in [0, 0.05) is 13.1 Å². The molecular formula is C16H25F2NO. The van der Waals surface area contributed by atoms with Crippen molar-refractivity contribution in [2.75, 3.05) is 19.6 Å². The summed E-state index contributed by atoms with van der Waals surface area (Å²) >= 11 is 0. The topological polar surface area (TPSA) is 12.5 Å². The molecule has 2 aliphatic rings. The SMILES string of the molecule is CC(C)[C@@H]1CCCN(CC2C=C(OC(F)F)C=CC2)C1. The number of ether oxygens (including phenoxy) is 1. The maximum atomic E-state index is 12.2. The third-order valence-corrected chi connectivity index (χ3v) is 4.32. The zero-order valence-electron chi connectivity index (χ0n) is 12.4. The van der Waals surface area contributed by atoms with Crippen LogP contribution in [0.5, 0.6) is 0 Å². The van der Waals surface area contributed by atoms with Crippen LogP contribution < -0.4 is 0 Å². The van der Waals surface area contributed by atoms with Crippen molar-refractivity contribution in [3.63, 3.8) is 0 Å². The number of nitrogens with zero attached hydrogens (tertiary/aromatic N) is 1. The lowest BCUT2D eigenvalue weighted by Gasteiger charge is -2.36. The van der Waals surface area contributed by atoms with Crippen molar-refractivity contribution < 1.29 is 13.5 Å². The summed E-state index contributed by atoms with van der Waals surface area (Å²) in [5.74, 6) is 2.09. The number of hydrogen-bond acceptors (Lipinski definition) is 2. The van der Waals surface area contributed by atoms with E-state index in [1.165, 1.54) is 12.8 Å². The van der Waals surface area contributed by atoms with Gasteiger partial charge in [0.2, 0.25) is 0 Å². The Morgan fingerprint density at radius 3 is 2.90 bits per heavy atom. The van der Waals surface area contributed by atoms with Crippen molar-refractivity contribution in [1.82, 2.24) is 4.90 Å². The predicted molar refractivity (Wildman–Crippen MR) is 76.4 cm³/mol. The van der Waals surface area contributed by atoms with E-state index in [0.717, 1.165) is 37.9 Å². The fourth-order valence-electron chi connectivity index (χ4n) is 3.16. The van der Waals surface area contributed by atoms with Gasteiger partial charge in [-0.1, -0.05) is 19.9 Å². The van der Waals surface area contributed by atoms with Crippen molar-refractivity contribution in [1.29, 1.82) is 0 Å². The summed E-state index contributed by atoms with van der Waals surface area (Å²) in [6, 6.07) is 0. The molecule has 20 heavy (non-hydrogen) atoms. The number of piperidine rings is 1. The van der Waals surface area contributed by atoms with Gasteiger partial charge in [0.1, 0.15) is 5.76 Å². The Morgan fingerprint density at radius 1 is 1.40 bits per heavy atom. The summed E-state index contributed by atoms with van der Waals surface area (Å²) < 4.78 is 29.0. The first-order valence-electron chi connectivity index (χ1n) is 7.60. The van der Waals surface area contributed by atoms with Gasteiger partial charge >= 0.3 is 6.61 Å². The minimum Gasteiger partial charge on any atom is -0.435 e. The number of rotatable bonds is 5. The van der Waals surface area contributed by atoms with Gasteiger partial charge in [-0.25, -0.2) is 0 Å². The summed E-state index contributed by atoms with van der Waals surface area (Å²) in [6.45, 7) is 5.05. The van der Waals surface area contributed by atoms with Gasteiger partial charge < -0.3 is 9.64 Å². The maximum Gasteiger partial charge on any atom is 0.387 e. The average Bonchev–Trinajstić information content (AvgIpc) is 2.38. The fourth-order valence-corrected chi connectivity index (χ4v) is 3.16. The quantitative estimate of drug-likeness (QED) is 0.755. The van der Waals surface area contributed by atoms with E-state index in [0.29, 0.717) is 11.7 Å². The standard InChI is InChI=1S/C16H25F2NO/c1-12(2)14-6-4-8-19(11-14)10-13-5-3-7-15(9-13)20-16(17)18/h3,7,9,12-14,16H,4-6,8,10-11H2,1-2H3/t13?,14-/m1/s1. The molecule has 0 saturated carbocycles. The van der Waals surface area contributed by atoms with Crippen LogP contribution >= 0.6 is 0 Å². The molecule has 0 aromatic heterocycles. The van der Waals surface area contributed by atoms with Gasteiger partial charge in [-0.05, 0) is 55.7 Å². The van der Waals surface area contributed by atoms with E-state index in [2.05, 4.69) is 23.5 Å². The second-order valence-corrected chi connectivity index (χ2v) is 6.25. The Labute approximate surface area is 120 Å². The molecule has 0 amide bonds. The maximum absolute atomic E-state index is 12.2. The summed E-state index contributed by atoms with van der Waals surface area (Å²) in [5.41, 5.74) is 0. The Bertz CT molecular complexity index is 365. The summed E-state index contributed by atoms with van der Waals surface area (Å²) in [6.07, 6.45) is 8.91. The molecule has 1 fully saturated rings. The Kier molecular flexibility index (Phi) is 5.58. The summed E-state index contributed by atoms with van der Waals surface area (Å²) in [5, 5.41) is 0. The Hall–Kier alpha value is -0.900. The van der Waals surface area contributed by atoms with Crippen molar-refractivity contribution in [2.45, 2.75) is 39.7 Å². The lowest BCUT2D eigenvalue weighted by atomic mass is 9.87. The number of allylic oxidation sites excluding steroid dienone is 2. The second kappa shape index (κ2) is 7.21. The highest BCUT2D eigenvalue weighted by molar-refractivity contribution is 5.18. The molecule has 0 aromatic rings. The monoisotopic (exact) mass is 285 g/mol. The molecule has 2 nitrogen and oxygen atoms in total. The minimum atomic E-state index is -2.73. The van der Waals surface area contributed by atoms with Crippen LogP contribution in [0, 0.1) is 17.8 Å². The molecular weight excluding hydrogens is 260 g/mol. The summed E-state index contributed by atoms with van der Waals surface area (Å²) in [7, 11) is 0. The highest BCUT2D eigenvalue weighted by Gasteiger charge is 2.24. The largest absolute Gasteiger partial charge is 0.435 e. The van der Waals surface area contributed by atoms with Crippen molar-refractivity contribution >= 4 is 0 Å². The Morgan fingerprint density at radius 2 is 2.20 bits per heavy atom. The van der Waals surface area contributed by atoms with Crippen LogP contribution in [0.25, 0.3) is 0 Å². The van der Waals surface area contributed by atoms with Gasteiger partial charge in [0.25, 0.3) is 0 Å². The van der Waals surface area contributed by atoms with Gasteiger partial charge in [-0.3, -0.25) is 0 Å². The highest BCUT2D eigenvalue weighted by atomic mass is 19.3. The van der Waals surface area contributed by atoms with Crippen LogP contribution in [0.15, 0.2) is 24.0 Å². The first-order chi connectivity index (χ1) is 9.54. The first kappa shape index (κ1) is 15.5. The van der Waals surface area contributed by atoms with Crippen molar-refractivity contribution in [3.8, 4) is 0 Å². The molecule has 0 radical (unpaired) electrons. The van der Waals surface area contributed by atoms with Crippen LogP contribution in [-0.4, -0.2) is 31.1 Å². The fraction of sp³-hybridized carbons (Fsp3) is 0.750. The van der Waals surface area contributed by atoms with Gasteiger partial charge in [-0.15, -0.1) is 0 Å². The minimum absolute atomic E-state index is 0.291. The smallest absolute Gasteiger partial charge is 0.387 e. The Balaban J connectivity index is 1.86. The highest BCUT2D eigenvalue weighted by Crippen LogP contribution is 2.26. The van der Waals surface area contributed by atoms with Crippen LogP contribution in [0.2, 0.25) is 0 Å². The van der Waals surface area contributed by atoms with Gasteiger partial charge in [0.05, 0.1) is 0 Å². The molecule has 0 spiro atoms. The van der Waals surface area contributed by atoms with E-state index in [-0.39, 0.29) is 0 Å². The van der Waals surface area contributed by atoms with Crippen LogP contribution in [-0.2, 0) is 4.74 Å². The van der Waals surface area contributed by atoms with Crippen LogP contribution in [0.4, 0.5) is 8.78 Å². The van der Waals surface area contributed by atoms with E-state index in [1.807, 2.05) is 12.2 Å². The molecule has 2 rings (SSSR count). The molecule has 4 heteroatoms. The first-order valence-corrected chi connectivity index (χ1v) is 7.60. The molecule has 1 heterocycles. The van der Waals surface area contributed by atoms with E-state index in [4.69, 9.17) is 0 Å². The van der Waals surface area contributed by atoms with E-state index >= 15 is 0 Å². The van der Waals surface area contributed by atoms with Crippen molar-refractivity contribution in [2.24, 2.45) is 17.8 Å². The lowest BCUT2D eigenvalue weighted by molar-refractivity contribution is -0.0928. The normalized spacial score (nSPS) is 28.0. The van der Waals surface area contributed by atoms with Crippen LogP contribution in [0.3, 0.4) is 0 Å². The van der Waals surface area contributed by atoms with E-state index in [9.17, 15) is 8.78 Å². The number of alkyl halides is 2. The van der Waals surface area contributed by atoms with Crippen molar-refractivity contribution in [3.05, 3.63) is 24.0 Å². The molecule has 1 unspecified atom stereocenters.